The van der Waals surface area contributed by atoms with Crippen LogP contribution in [-0.2, 0) is 6.61 Å². The lowest BCUT2D eigenvalue weighted by Gasteiger charge is -2.13. The Morgan fingerprint density at radius 2 is 1.83 bits per heavy atom. The molecule has 3 heterocycles. The van der Waals surface area contributed by atoms with E-state index in [9.17, 15) is 0 Å². The van der Waals surface area contributed by atoms with E-state index in [1.165, 1.54) is 5.57 Å². The van der Waals surface area contributed by atoms with E-state index < -0.39 is 0 Å². The number of aromatic nitrogens is 3. The van der Waals surface area contributed by atoms with E-state index in [0.717, 1.165) is 58.8 Å². The number of rotatable bonds is 5. The van der Waals surface area contributed by atoms with Gasteiger partial charge in [-0.1, -0.05) is 36.4 Å². The van der Waals surface area contributed by atoms with Gasteiger partial charge >= 0.3 is 0 Å². The van der Waals surface area contributed by atoms with E-state index in [4.69, 9.17) is 4.74 Å². The van der Waals surface area contributed by atoms with Crippen LogP contribution < -0.4 is 10.1 Å². The van der Waals surface area contributed by atoms with E-state index >= 15 is 0 Å². The van der Waals surface area contributed by atoms with Gasteiger partial charge in [0.1, 0.15) is 24.3 Å². The number of nitrogens with one attached hydrogen (secondary N) is 2. The number of benzene rings is 2. The maximum absolute atomic E-state index is 5.89. The Labute approximate surface area is 169 Å². The van der Waals surface area contributed by atoms with Crippen molar-refractivity contribution >= 4 is 16.6 Å². The Hall–Kier alpha value is -3.44. The minimum atomic E-state index is 0.565. The molecule has 0 bridgehead atoms. The van der Waals surface area contributed by atoms with Crippen LogP contribution >= 0.6 is 0 Å². The molecule has 5 rings (SSSR count). The Bertz CT molecular complexity index is 1150. The molecule has 144 valence electrons. The van der Waals surface area contributed by atoms with Gasteiger partial charge in [-0.2, -0.15) is 0 Å². The van der Waals surface area contributed by atoms with E-state index in [2.05, 4.69) is 56.7 Å². The van der Waals surface area contributed by atoms with Gasteiger partial charge in [-0.3, -0.25) is 0 Å². The van der Waals surface area contributed by atoms with Crippen LogP contribution in [0.2, 0.25) is 0 Å². The lowest BCUT2D eigenvalue weighted by molar-refractivity contribution is 0.306. The number of fused-ring (bicyclic) bond motifs is 1. The molecule has 0 amide bonds. The third kappa shape index (κ3) is 3.77. The molecule has 0 saturated carbocycles. The van der Waals surface area contributed by atoms with Crippen molar-refractivity contribution in [3.63, 3.8) is 0 Å². The van der Waals surface area contributed by atoms with E-state index in [-0.39, 0.29) is 0 Å². The van der Waals surface area contributed by atoms with Gasteiger partial charge in [0, 0.05) is 17.6 Å². The highest BCUT2D eigenvalue weighted by Crippen LogP contribution is 2.30. The van der Waals surface area contributed by atoms with Crippen LogP contribution in [0.15, 0.2) is 73.1 Å². The van der Waals surface area contributed by atoms with Gasteiger partial charge in [-0.25, -0.2) is 9.97 Å². The zero-order chi connectivity index (χ0) is 19.5. The fourth-order valence-electron chi connectivity index (χ4n) is 3.66. The summed E-state index contributed by atoms with van der Waals surface area (Å²) in [7, 11) is 0. The average molecular weight is 382 g/mol. The Balaban J connectivity index is 1.38. The van der Waals surface area contributed by atoms with Gasteiger partial charge in [0.2, 0.25) is 0 Å². The van der Waals surface area contributed by atoms with Gasteiger partial charge in [-0.15, -0.1) is 0 Å². The maximum atomic E-state index is 5.89. The largest absolute Gasteiger partial charge is 0.489 e. The van der Waals surface area contributed by atoms with Crippen molar-refractivity contribution in [2.24, 2.45) is 0 Å². The zero-order valence-electron chi connectivity index (χ0n) is 16.1. The Morgan fingerprint density at radius 1 is 0.966 bits per heavy atom. The molecule has 0 aliphatic carbocycles. The summed E-state index contributed by atoms with van der Waals surface area (Å²) in [6.07, 6.45) is 4.85. The van der Waals surface area contributed by atoms with Crippen LogP contribution in [0.4, 0.5) is 0 Å². The molecule has 0 atom stereocenters. The third-order valence-electron chi connectivity index (χ3n) is 5.21. The van der Waals surface area contributed by atoms with Crippen molar-refractivity contribution in [2.75, 3.05) is 13.1 Å². The molecule has 5 nitrogen and oxygen atoms in total. The number of ether oxygens (including phenoxy) is 1. The smallest absolute Gasteiger partial charge is 0.141 e. The number of hydrogen-bond donors (Lipinski definition) is 2. The molecule has 0 spiro atoms. The first-order valence-electron chi connectivity index (χ1n) is 9.88. The molecule has 1 aliphatic heterocycles. The zero-order valence-corrected chi connectivity index (χ0v) is 16.1. The van der Waals surface area contributed by atoms with Crippen LogP contribution in [0.5, 0.6) is 5.75 Å². The highest BCUT2D eigenvalue weighted by Gasteiger charge is 2.14. The van der Waals surface area contributed by atoms with Crippen molar-refractivity contribution in [3.8, 4) is 17.0 Å². The van der Waals surface area contributed by atoms with E-state index in [1.807, 2.05) is 30.3 Å². The third-order valence-corrected chi connectivity index (χ3v) is 5.21. The van der Waals surface area contributed by atoms with Crippen LogP contribution in [0, 0.1) is 0 Å². The van der Waals surface area contributed by atoms with Gasteiger partial charge in [0.15, 0.2) is 0 Å². The maximum Gasteiger partial charge on any atom is 0.141 e. The topological polar surface area (TPSA) is 62.8 Å². The molecule has 5 heteroatoms. The van der Waals surface area contributed by atoms with Crippen molar-refractivity contribution in [1.29, 1.82) is 0 Å². The van der Waals surface area contributed by atoms with Crippen LogP contribution in [0.3, 0.4) is 0 Å². The summed E-state index contributed by atoms with van der Waals surface area (Å²) in [6.45, 7) is 2.44. The fraction of sp³-hybridized carbons (Fsp3) is 0.167. The fourth-order valence-corrected chi connectivity index (χ4v) is 3.66. The van der Waals surface area contributed by atoms with Crippen LogP contribution in [-0.4, -0.2) is 28.0 Å². The summed E-state index contributed by atoms with van der Waals surface area (Å²) in [5, 5.41) is 4.42. The quantitative estimate of drug-likeness (QED) is 0.530. The second-order valence-electron chi connectivity index (χ2n) is 7.15. The predicted octanol–water partition coefficient (Wildman–Crippen LogP) is 4.58. The molecule has 1 aliphatic rings. The number of nitrogens with zero attached hydrogens (tertiary/aromatic N) is 2. The summed E-state index contributed by atoms with van der Waals surface area (Å²) in [5.74, 6) is 0.856. The molecule has 0 fully saturated rings. The second-order valence-corrected chi connectivity index (χ2v) is 7.15. The Morgan fingerprint density at radius 3 is 2.62 bits per heavy atom. The lowest BCUT2D eigenvalue weighted by Crippen LogP contribution is -2.20. The normalized spacial score (nSPS) is 14.0. The van der Waals surface area contributed by atoms with Gasteiger partial charge in [0.05, 0.1) is 5.69 Å². The van der Waals surface area contributed by atoms with E-state index in [1.54, 1.807) is 6.33 Å². The average Bonchev–Trinajstić information content (AvgIpc) is 3.24. The molecule has 2 aromatic heterocycles. The highest BCUT2D eigenvalue weighted by atomic mass is 16.5. The number of hydrogen-bond acceptors (Lipinski definition) is 4. The molecule has 4 aromatic rings. The molecule has 0 saturated heterocycles. The summed E-state index contributed by atoms with van der Waals surface area (Å²) in [6, 6.07) is 20.5. The minimum Gasteiger partial charge on any atom is -0.489 e. The predicted molar refractivity (Wildman–Crippen MR) is 116 cm³/mol. The molecule has 29 heavy (non-hydrogen) atoms. The van der Waals surface area contributed by atoms with Crippen molar-refractivity contribution in [3.05, 3.63) is 84.3 Å². The van der Waals surface area contributed by atoms with Crippen molar-refractivity contribution in [1.82, 2.24) is 20.3 Å². The summed E-state index contributed by atoms with van der Waals surface area (Å²) >= 11 is 0. The van der Waals surface area contributed by atoms with Crippen LogP contribution in [0.25, 0.3) is 27.9 Å². The summed E-state index contributed by atoms with van der Waals surface area (Å²) < 4.78 is 5.89. The molecule has 2 aromatic carbocycles. The monoisotopic (exact) mass is 382 g/mol. The highest BCUT2D eigenvalue weighted by molar-refractivity contribution is 5.92. The van der Waals surface area contributed by atoms with Gasteiger partial charge in [0.25, 0.3) is 0 Å². The Kier molecular flexibility index (Phi) is 4.80. The standard InChI is InChI=1S/C24H22N4O/c1-2-4-17(5-3-1)15-29-20-8-6-18(7-9-20)22-14-21-23(19-10-12-25-13-11-19)26-16-27-24(21)28-22/h1-10,14,16,25H,11-13,15H2,(H,26,27,28). The van der Waals surface area contributed by atoms with Crippen molar-refractivity contribution < 1.29 is 4.74 Å². The van der Waals surface area contributed by atoms with Crippen molar-refractivity contribution in [2.45, 2.75) is 13.0 Å². The SMILES string of the molecule is C1=C(c2ncnc3[nH]c(-c4ccc(OCc5ccccc5)cc4)cc23)CCNC1. The lowest BCUT2D eigenvalue weighted by atomic mass is 10.0. The van der Waals surface area contributed by atoms with Gasteiger partial charge in [-0.05, 0) is 60.0 Å². The first-order valence-corrected chi connectivity index (χ1v) is 9.88. The summed E-state index contributed by atoms with van der Waals surface area (Å²) in [4.78, 5) is 12.4. The first-order chi connectivity index (χ1) is 14.4. The molecular formula is C24H22N4O. The minimum absolute atomic E-state index is 0.565. The van der Waals surface area contributed by atoms with Gasteiger partial charge < -0.3 is 15.0 Å². The van der Waals surface area contributed by atoms with E-state index in [0.29, 0.717) is 6.61 Å². The number of H-pyrrole nitrogens is 1. The molecule has 0 radical (unpaired) electrons. The molecule has 0 unspecified atom stereocenters. The second kappa shape index (κ2) is 7.89. The first kappa shape index (κ1) is 17.6. The van der Waals surface area contributed by atoms with Crippen LogP contribution in [0.1, 0.15) is 17.7 Å². The number of aromatic amines is 1. The molecule has 2 N–H and O–H groups in total. The summed E-state index contributed by atoms with van der Waals surface area (Å²) in [5.41, 5.74) is 6.47. The molecular weight excluding hydrogens is 360 g/mol.